The predicted octanol–water partition coefficient (Wildman–Crippen LogP) is 2.89. The number of anilines is 2. The highest BCUT2D eigenvalue weighted by atomic mass is 19.4. The van der Waals surface area contributed by atoms with E-state index in [2.05, 4.69) is 9.97 Å². The van der Waals surface area contributed by atoms with Gasteiger partial charge < -0.3 is 5.73 Å². The van der Waals surface area contributed by atoms with Gasteiger partial charge in [-0.15, -0.1) is 0 Å². The number of carbonyl (C=O) groups is 1. The molecule has 2 amide bonds. The smallest absolute Gasteiger partial charge is 0.351 e. The molecule has 2 N–H and O–H groups in total. The number of amides is 2. The van der Waals surface area contributed by atoms with Crippen molar-refractivity contribution in [1.29, 1.82) is 5.26 Å². The van der Waals surface area contributed by atoms with Crippen molar-refractivity contribution in [2.24, 2.45) is 5.73 Å². The molecule has 0 saturated carbocycles. The van der Waals surface area contributed by atoms with Crippen LogP contribution in [0.25, 0.3) is 0 Å². The summed E-state index contributed by atoms with van der Waals surface area (Å²) in [5, 5.41) is 9.08. The largest absolute Gasteiger partial charge is 0.433 e. The lowest BCUT2D eigenvalue weighted by molar-refractivity contribution is -0.141. The maximum atomic E-state index is 12.9. The second-order valence-corrected chi connectivity index (χ2v) is 4.49. The van der Waals surface area contributed by atoms with Gasteiger partial charge in [-0.3, -0.25) is 0 Å². The normalized spacial score (nSPS) is 10.9. The summed E-state index contributed by atoms with van der Waals surface area (Å²) in [5.41, 5.74) is 4.09. The highest BCUT2D eigenvalue weighted by molar-refractivity contribution is 5.97. The lowest BCUT2D eigenvalue weighted by atomic mass is 10.2. The van der Waals surface area contributed by atoms with E-state index in [9.17, 15) is 18.0 Å². The van der Waals surface area contributed by atoms with Gasteiger partial charge >= 0.3 is 12.2 Å². The average molecular weight is 321 g/mol. The fourth-order valence-electron chi connectivity index (χ4n) is 1.89. The monoisotopic (exact) mass is 321 g/mol. The quantitative estimate of drug-likeness (QED) is 0.920. The number of urea groups is 1. The van der Waals surface area contributed by atoms with Gasteiger partial charge in [0.25, 0.3) is 0 Å². The highest BCUT2D eigenvalue weighted by Crippen LogP contribution is 2.31. The zero-order valence-electron chi connectivity index (χ0n) is 11.8. The number of nitrogens with zero attached hydrogens (tertiary/aromatic N) is 4. The van der Waals surface area contributed by atoms with Crippen molar-refractivity contribution in [3.8, 4) is 6.07 Å². The van der Waals surface area contributed by atoms with Gasteiger partial charge in [0.1, 0.15) is 11.8 Å². The summed E-state index contributed by atoms with van der Waals surface area (Å²) < 4.78 is 38.6. The van der Waals surface area contributed by atoms with Crippen LogP contribution in [0.1, 0.15) is 17.0 Å². The van der Waals surface area contributed by atoms with Crippen LogP contribution in [0.15, 0.2) is 30.3 Å². The topological polar surface area (TPSA) is 95.9 Å². The van der Waals surface area contributed by atoms with E-state index in [1.165, 1.54) is 25.1 Å². The molecule has 0 unspecified atom stereocenters. The predicted molar refractivity (Wildman–Crippen MR) is 74.7 cm³/mol. The number of carbonyl (C=O) groups excluding carboxylic acids is 1. The third-order valence-corrected chi connectivity index (χ3v) is 2.82. The van der Waals surface area contributed by atoms with Gasteiger partial charge in [-0.2, -0.15) is 18.4 Å². The van der Waals surface area contributed by atoms with Gasteiger partial charge in [0, 0.05) is 5.69 Å². The number of nitrogens with two attached hydrogens (primary N) is 1. The number of hydrogen-bond donors (Lipinski definition) is 1. The Morgan fingerprint density at radius 2 is 1.96 bits per heavy atom. The van der Waals surface area contributed by atoms with Crippen molar-refractivity contribution < 1.29 is 18.0 Å². The van der Waals surface area contributed by atoms with Crippen molar-refractivity contribution in [2.45, 2.75) is 13.1 Å². The van der Waals surface area contributed by atoms with Crippen molar-refractivity contribution >= 4 is 17.7 Å². The van der Waals surface area contributed by atoms with Crippen molar-refractivity contribution in [3.05, 3.63) is 47.3 Å². The van der Waals surface area contributed by atoms with Crippen LogP contribution in [0, 0.1) is 18.3 Å². The molecule has 0 saturated heterocycles. The Labute approximate surface area is 129 Å². The van der Waals surface area contributed by atoms with Crippen LogP contribution in [0.3, 0.4) is 0 Å². The van der Waals surface area contributed by atoms with E-state index in [1.807, 2.05) is 6.07 Å². The number of halogens is 3. The molecule has 0 aliphatic carbocycles. The van der Waals surface area contributed by atoms with Gasteiger partial charge in [0.2, 0.25) is 5.95 Å². The molecule has 1 heterocycles. The Morgan fingerprint density at radius 3 is 2.52 bits per heavy atom. The van der Waals surface area contributed by atoms with Gasteiger partial charge in [-0.05, 0) is 25.1 Å². The fraction of sp³-hybridized carbons (Fsp3) is 0.143. The Balaban J connectivity index is 2.67. The summed E-state index contributed by atoms with van der Waals surface area (Å²) in [4.78, 5) is 19.6. The molecule has 23 heavy (non-hydrogen) atoms. The Kier molecular flexibility index (Phi) is 4.18. The third-order valence-electron chi connectivity index (χ3n) is 2.82. The SMILES string of the molecule is Cc1cc(C(F)(F)F)nc(N(C(N)=O)c2ccccc2C#N)n1. The number of aryl methyl sites for hydroxylation is 1. The molecule has 0 radical (unpaired) electrons. The van der Waals surface area contributed by atoms with E-state index in [0.29, 0.717) is 4.90 Å². The number of para-hydroxylation sites is 1. The molecule has 2 rings (SSSR count). The van der Waals surface area contributed by atoms with Crippen LogP contribution in [-0.4, -0.2) is 16.0 Å². The molecule has 0 atom stereocenters. The van der Waals surface area contributed by atoms with E-state index in [1.54, 1.807) is 6.07 Å². The lowest BCUT2D eigenvalue weighted by Gasteiger charge is -2.20. The van der Waals surface area contributed by atoms with Crippen molar-refractivity contribution in [3.63, 3.8) is 0 Å². The highest BCUT2D eigenvalue weighted by Gasteiger charge is 2.34. The molecule has 0 aliphatic rings. The zero-order chi connectivity index (χ0) is 17.2. The first-order chi connectivity index (χ1) is 10.7. The first-order valence-electron chi connectivity index (χ1n) is 6.25. The van der Waals surface area contributed by atoms with Crippen LogP contribution in [0.5, 0.6) is 0 Å². The molecular weight excluding hydrogens is 311 g/mol. The molecule has 9 heteroatoms. The van der Waals surface area contributed by atoms with Gasteiger partial charge in [-0.1, -0.05) is 12.1 Å². The fourth-order valence-corrected chi connectivity index (χ4v) is 1.89. The van der Waals surface area contributed by atoms with Crippen molar-refractivity contribution in [1.82, 2.24) is 9.97 Å². The number of aromatic nitrogens is 2. The molecular formula is C14H10F3N5O. The molecule has 0 aliphatic heterocycles. The van der Waals surface area contributed by atoms with Crippen molar-refractivity contribution in [2.75, 3.05) is 4.90 Å². The maximum Gasteiger partial charge on any atom is 0.433 e. The summed E-state index contributed by atoms with van der Waals surface area (Å²) >= 11 is 0. The van der Waals surface area contributed by atoms with Crippen LogP contribution in [-0.2, 0) is 6.18 Å². The summed E-state index contributed by atoms with van der Waals surface area (Å²) in [6.07, 6.45) is -4.71. The summed E-state index contributed by atoms with van der Waals surface area (Å²) in [7, 11) is 0. The van der Waals surface area contributed by atoms with Crippen LogP contribution < -0.4 is 10.6 Å². The molecule has 0 spiro atoms. The molecule has 2 aromatic rings. The molecule has 0 fully saturated rings. The zero-order valence-corrected chi connectivity index (χ0v) is 11.8. The average Bonchev–Trinajstić information content (AvgIpc) is 2.46. The van der Waals surface area contributed by atoms with Gasteiger partial charge in [-0.25, -0.2) is 19.7 Å². The minimum absolute atomic E-state index is 0.00113. The number of benzene rings is 1. The summed E-state index contributed by atoms with van der Waals surface area (Å²) in [6.45, 7) is 1.33. The first-order valence-corrected chi connectivity index (χ1v) is 6.25. The van der Waals surface area contributed by atoms with E-state index in [0.717, 1.165) is 6.07 Å². The number of rotatable bonds is 2. The number of hydrogen-bond acceptors (Lipinski definition) is 4. The minimum atomic E-state index is -4.71. The lowest BCUT2D eigenvalue weighted by Crippen LogP contribution is -2.34. The summed E-state index contributed by atoms with van der Waals surface area (Å²) in [5.74, 6) is -0.549. The second-order valence-electron chi connectivity index (χ2n) is 4.49. The van der Waals surface area contributed by atoms with E-state index in [-0.39, 0.29) is 16.9 Å². The van der Waals surface area contributed by atoms with Crippen LogP contribution >= 0.6 is 0 Å². The Bertz CT molecular complexity index is 798. The van der Waals surface area contributed by atoms with E-state index in [4.69, 9.17) is 11.0 Å². The van der Waals surface area contributed by atoms with Crippen LogP contribution in [0.4, 0.5) is 29.6 Å². The maximum absolute atomic E-state index is 12.9. The molecule has 0 bridgehead atoms. The number of primary amides is 1. The molecule has 1 aromatic carbocycles. The van der Waals surface area contributed by atoms with Gasteiger partial charge in [0.15, 0.2) is 0 Å². The third kappa shape index (κ3) is 3.37. The van der Waals surface area contributed by atoms with Gasteiger partial charge in [0.05, 0.1) is 11.3 Å². The second kappa shape index (κ2) is 5.92. The number of nitriles is 1. The Hall–Kier alpha value is -3.15. The van der Waals surface area contributed by atoms with E-state index >= 15 is 0 Å². The number of alkyl halides is 3. The van der Waals surface area contributed by atoms with Crippen LogP contribution in [0.2, 0.25) is 0 Å². The van der Waals surface area contributed by atoms with E-state index < -0.39 is 23.8 Å². The molecule has 6 nitrogen and oxygen atoms in total. The molecule has 1 aromatic heterocycles. The minimum Gasteiger partial charge on any atom is -0.351 e. The Morgan fingerprint density at radius 1 is 1.30 bits per heavy atom. The summed E-state index contributed by atoms with van der Waals surface area (Å²) in [6, 6.07) is 7.28. The standard InChI is InChI=1S/C14H10F3N5O/c1-8-6-11(14(15,16)17)21-13(20-8)22(12(19)23)10-5-3-2-4-9(10)7-18/h2-6H,1H3,(H2,19,23). The first kappa shape index (κ1) is 16.2. The molecule has 118 valence electrons.